The Bertz CT molecular complexity index is 311. The van der Waals surface area contributed by atoms with E-state index < -0.39 is 5.97 Å². The summed E-state index contributed by atoms with van der Waals surface area (Å²) in [7, 11) is 0. The van der Waals surface area contributed by atoms with Gasteiger partial charge in [-0.3, -0.25) is 0 Å². The van der Waals surface area contributed by atoms with Gasteiger partial charge in [0.2, 0.25) is 0 Å². The monoisotopic (exact) mass is 210 g/mol. The normalized spacial score (nSPS) is 9.93. The predicted octanol–water partition coefficient (Wildman–Crippen LogP) is 0.903. The maximum absolute atomic E-state index is 10.1. The maximum atomic E-state index is 10.1. The molecule has 0 spiro atoms. The zero-order chi connectivity index (χ0) is 11.1. The number of nitrogens with zero attached hydrogens (tertiary/aromatic N) is 1. The minimum Gasteiger partial charge on any atom is -0.480 e. The van der Waals surface area contributed by atoms with Crippen LogP contribution in [0.4, 0.5) is 5.82 Å². The van der Waals surface area contributed by atoms with Crippen molar-refractivity contribution in [2.75, 3.05) is 25.1 Å². The van der Waals surface area contributed by atoms with Gasteiger partial charge in [-0.05, 0) is 18.6 Å². The standard InChI is InChI=1S/C10H14N2O3/c1-8-2-3-9(12-6-8)11-4-5-15-7-10(13)14/h2-3,6H,4-5,7H2,1H3,(H,11,12)(H,13,14). The number of carboxylic acid groups (broad SMARTS) is 1. The summed E-state index contributed by atoms with van der Waals surface area (Å²) in [5.74, 6) is -0.192. The largest absolute Gasteiger partial charge is 0.480 e. The van der Waals surface area contributed by atoms with Gasteiger partial charge in [0.15, 0.2) is 0 Å². The number of carbonyl (C=O) groups is 1. The van der Waals surface area contributed by atoms with Gasteiger partial charge < -0.3 is 15.2 Å². The Labute approximate surface area is 88.1 Å². The van der Waals surface area contributed by atoms with Gasteiger partial charge in [-0.25, -0.2) is 9.78 Å². The Kier molecular flexibility index (Phi) is 4.56. The van der Waals surface area contributed by atoms with Crippen molar-refractivity contribution in [3.8, 4) is 0 Å². The van der Waals surface area contributed by atoms with Gasteiger partial charge in [-0.2, -0.15) is 0 Å². The molecule has 2 N–H and O–H groups in total. The molecule has 0 saturated heterocycles. The summed E-state index contributed by atoms with van der Waals surface area (Å²) in [6.07, 6.45) is 1.76. The fourth-order valence-electron chi connectivity index (χ4n) is 0.983. The molecule has 0 radical (unpaired) electrons. The molecule has 0 fully saturated rings. The summed E-state index contributed by atoms with van der Waals surface area (Å²) in [6.45, 7) is 2.60. The van der Waals surface area contributed by atoms with Crippen LogP contribution in [-0.2, 0) is 9.53 Å². The van der Waals surface area contributed by atoms with Crippen LogP contribution in [0, 0.1) is 6.92 Å². The molecule has 1 aromatic rings. The fourth-order valence-corrected chi connectivity index (χ4v) is 0.983. The Morgan fingerprint density at radius 2 is 2.40 bits per heavy atom. The number of rotatable bonds is 6. The molecule has 5 nitrogen and oxygen atoms in total. The van der Waals surface area contributed by atoms with Crippen LogP contribution in [0.15, 0.2) is 18.3 Å². The molecule has 0 aromatic carbocycles. The first-order chi connectivity index (χ1) is 7.18. The lowest BCUT2D eigenvalue weighted by molar-refractivity contribution is -0.142. The molecule has 0 atom stereocenters. The van der Waals surface area contributed by atoms with Gasteiger partial charge in [0.25, 0.3) is 0 Å². The number of carboxylic acids is 1. The lowest BCUT2D eigenvalue weighted by Gasteiger charge is -2.05. The van der Waals surface area contributed by atoms with Crippen LogP contribution in [-0.4, -0.2) is 35.8 Å². The van der Waals surface area contributed by atoms with Crippen molar-refractivity contribution < 1.29 is 14.6 Å². The number of ether oxygens (including phenoxy) is 1. The zero-order valence-electron chi connectivity index (χ0n) is 8.56. The van der Waals surface area contributed by atoms with Gasteiger partial charge >= 0.3 is 5.97 Å². The highest BCUT2D eigenvalue weighted by Crippen LogP contribution is 2.02. The van der Waals surface area contributed by atoms with Crippen LogP contribution in [0.3, 0.4) is 0 Å². The van der Waals surface area contributed by atoms with E-state index in [0.29, 0.717) is 13.2 Å². The summed E-state index contributed by atoms with van der Waals surface area (Å²) in [6, 6.07) is 3.82. The molecule has 0 amide bonds. The van der Waals surface area contributed by atoms with Gasteiger partial charge in [-0.15, -0.1) is 0 Å². The Morgan fingerprint density at radius 3 is 3.00 bits per heavy atom. The number of nitrogens with one attached hydrogen (secondary N) is 1. The number of anilines is 1. The second-order valence-corrected chi connectivity index (χ2v) is 3.09. The van der Waals surface area contributed by atoms with Gasteiger partial charge in [0, 0.05) is 12.7 Å². The van der Waals surface area contributed by atoms with E-state index in [1.54, 1.807) is 6.20 Å². The zero-order valence-corrected chi connectivity index (χ0v) is 8.56. The van der Waals surface area contributed by atoms with Crippen molar-refractivity contribution in [3.05, 3.63) is 23.9 Å². The molecule has 5 heteroatoms. The molecular weight excluding hydrogens is 196 g/mol. The second kappa shape index (κ2) is 5.98. The van der Waals surface area contributed by atoms with Crippen molar-refractivity contribution in [1.29, 1.82) is 0 Å². The molecule has 0 aliphatic carbocycles. The number of aryl methyl sites for hydroxylation is 1. The molecule has 0 unspecified atom stereocenters. The first kappa shape index (κ1) is 11.5. The minimum absolute atomic E-state index is 0.261. The highest BCUT2D eigenvalue weighted by Gasteiger charge is 1.96. The average Bonchev–Trinajstić information content (AvgIpc) is 2.20. The first-order valence-electron chi connectivity index (χ1n) is 4.64. The molecule has 1 heterocycles. The van der Waals surface area contributed by atoms with E-state index >= 15 is 0 Å². The molecule has 0 aliphatic rings. The minimum atomic E-state index is -0.955. The number of aliphatic carboxylic acids is 1. The van der Waals surface area contributed by atoms with Crippen LogP contribution in [0.1, 0.15) is 5.56 Å². The summed E-state index contributed by atoms with van der Waals surface area (Å²) in [5.41, 5.74) is 1.10. The highest BCUT2D eigenvalue weighted by atomic mass is 16.5. The van der Waals surface area contributed by atoms with Crippen molar-refractivity contribution in [3.63, 3.8) is 0 Å². The number of hydrogen-bond acceptors (Lipinski definition) is 4. The third kappa shape index (κ3) is 4.97. The molecule has 82 valence electrons. The molecule has 15 heavy (non-hydrogen) atoms. The Morgan fingerprint density at radius 1 is 1.60 bits per heavy atom. The highest BCUT2D eigenvalue weighted by molar-refractivity contribution is 5.67. The molecule has 0 aliphatic heterocycles. The smallest absolute Gasteiger partial charge is 0.329 e. The summed E-state index contributed by atoms with van der Waals surface area (Å²) < 4.78 is 4.85. The van der Waals surface area contributed by atoms with E-state index in [9.17, 15) is 4.79 Å². The SMILES string of the molecule is Cc1ccc(NCCOCC(=O)O)nc1. The van der Waals surface area contributed by atoms with Crippen LogP contribution in [0.25, 0.3) is 0 Å². The van der Waals surface area contributed by atoms with E-state index in [2.05, 4.69) is 10.3 Å². The van der Waals surface area contributed by atoms with Crippen LogP contribution >= 0.6 is 0 Å². The predicted molar refractivity (Wildman–Crippen MR) is 55.9 cm³/mol. The molecule has 1 rings (SSSR count). The van der Waals surface area contributed by atoms with E-state index in [-0.39, 0.29) is 6.61 Å². The summed E-state index contributed by atoms with van der Waals surface area (Å²) in [4.78, 5) is 14.2. The van der Waals surface area contributed by atoms with Crippen LogP contribution < -0.4 is 5.32 Å². The average molecular weight is 210 g/mol. The maximum Gasteiger partial charge on any atom is 0.329 e. The third-order valence-corrected chi connectivity index (χ3v) is 1.69. The van der Waals surface area contributed by atoms with E-state index in [0.717, 1.165) is 11.4 Å². The molecule has 0 saturated carbocycles. The van der Waals surface area contributed by atoms with Gasteiger partial charge in [0.1, 0.15) is 12.4 Å². The number of hydrogen-bond donors (Lipinski definition) is 2. The lowest BCUT2D eigenvalue weighted by Crippen LogP contribution is -2.14. The Balaban J connectivity index is 2.15. The van der Waals surface area contributed by atoms with Gasteiger partial charge in [-0.1, -0.05) is 6.07 Å². The van der Waals surface area contributed by atoms with E-state index in [4.69, 9.17) is 9.84 Å². The summed E-state index contributed by atoms with van der Waals surface area (Å²) in [5, 5.41) is 11.3. The molecular formula is C10H14N2O3. The molecule has 1 aromatic heterocycles. The first-order valence-corrected chi connectivity index (χ1v) is 4.64. The third-order valence-electron chi connectivity index (χ3n) is 1.69. The number of pyridine rings is 1. The van der Waals surface area contributed by atoms with Crippen molar-refractivity contribution >= 4 is 11.8 Å². The van der Waals surface area contributed by atoms with Crippen molar-refractivity contribution in [2.45, 2.75) is 6.92 Å². The van der Waals surface area contributed by atoms with E-state index in [1.807, 2.05) is 19.1 Å². The van der Waals surface area contributed by atoms with Crippen LogP contribution in [0.2, 0.25) is 0 Å². The fraction of sp³-hybridized carbons (Fsp3) is 0.400. The van der Waals surface area contributed by atoms with Gasteiger partial charge in [0.05, 0.1) is 6.61 Å². The van der Waals surface area contributed by atoms with Crippen molar-refractivity contribution in [2.24, 2.45) is 0 Å². The van der Waals surface area contributed by atoms with Crippen LogP contribution in [0.5, 0.6) is 0 Å². The van der Waals surface area contributed by atoms with Crippen molar-refractivity contribution in [1.82, 2.24) is 4.98 Å². The lowest BCUT2D eigenvalue weighted by atomic mass is 10.3. The summed E-state index contributed by atoms with van der Waals surface area (Å²) >= 11 is 0. The second-order valence-electron chi connectivity index (χ2n) is 3.09. The number of aromatic nitrogens is 1. The molecule has 0 bridgehead atoms. The topological polar surface area (TPSA) is 71.5 Å². The van der Waals surface area contributed by atoms with E-state index in [1.165, 1.54) is 0 Å². The Hall–Kier alpha value is -1.62. The quantitative estimate of drug-likeness (QED) is 0.683.